The fraction of sp³-hybridized carbons (Fsp3) is 0.727. The van der Waals surface area contributed by atoms with Gasteiger partial charge in [-0.25, -0.2) is 4.99 Å². The average Bonchev–Trinajstić information content (AvgIpc) is 2.47. The summed E-state index contributed by atoms with van der Waals surface area (Å²) in [5, 5.41) is 0. The van der Waals surface area contributed by atoms with E-state index in [9.17, 15) is 0 Å². The monoisotopic (exact) mass is 179 g/mol. The molecule has 1 atom stereocenters. The van der Waals surface area contributed by atoms with Gasteiger partial charge in [0.25, 0.3) is 0 Å². The Balaban J connectivity index is 2.10. The van der Waals surface area contributed by atoms with Gasteiger partial charge in [0.2, 0.25) is 5.90 Å². The average molecular weight is 179 g/mol. The number of rotatable bonds is 0. The summed E-state index contributed by atoms with van der Waals surface area (Å²) < 4.78 is 5.86. The molecule has 2 aliphatic heterocycles. The van der Waals surface area contributed by atoms with E-state index >= 15 is 0 Å². The van der Waals surface area contributed by atoms with Crippen molar-refractivity contribution < 1.29 is 4.74 Å². The summed E-state index contributed by atoms with van der Waals surface area (Å²) in [7, 11) is 0. The first-order valence-electron chi connectivity index (χ1n) is 4.98. The fourth-order valence-corrected chi connectivity index (χ4v) is 1.84. The maximum Gasteiger partial charge on any atom is 0.212 e. The van der Waals surface area contributed by atoms with Crippen molar-refractivity contribution in [3.63, 3.8) is 0 Å². The quantitative estimate of drug-likeness (QED) is 0.560. The summed E-state index contributed by atoms with van der Waals surface area (Å²) in [6.07, 6.45) is 4.78. The second-order valence-electron chi connectivity index (χ2n) is 4.89. The zero-order chi connectivity index (χ0) is 9.47. The van der Waals surface area contributed by atoms with E-state index in [1.807, 2.05) is 0 Å². The highest BCUT2D eigenvalue weighted by Crippen LogP contribution is 2.33. The van der Waals surface area contributed by atoms with Crippen LogP contribution in [0.1, 0.15) is 33.6 Å². The highest BCUT2D eigenvalue weighted by atomic mass is 16.5. The Hall–Kier alpha value is -0.790. The molecule has 2 heteroatoms. The smallest absolute Gasteiger partial charge is 0.212 e. The molecular formula is C11H17NO. The predicted octanol–water partition coefficient (Wildman–Crippen LogP) is 2.55. The molecule has 2 rings (SSSR count). The molecule has 13 heavy (non-hydrogen) atoms. The highest BCUT2D eigenvalue weighted by molar-refractivity contribution is 5.96. The van der Waals surface area contributed by atoms with Crippen molar-refractivity contribution in [2.75, 3.05) is 6.54 Å². The van der Waals surface area contributed by atoms with Gasteiger partial charge in [0, 0.05) is 5.57 Å². The van der Waals surface area contributed by atoms with Crippen LogP contribution in [0.3, 0.4) is 0 Å². The van der Waals surface area contributed by atoms with Crippen LogP contribution in [0.25, 0.3) is 0 Å². The minimum Gasteiger partial charge on any atom is -0.474 e. The normalized spacial score (nSPS) is 27.5. The Kier molecular flexibility index (Phi) is 1.94. The zero-order valence-electron chi connectivity index (χ0n) is 8.63. The third-order valence-electron chi connectivity index (χ3n) is 2.74. The largest absolute Gasteiger partial charge is 0.474 e. The molecule has 0 amide bonds. The molecule has 0 aromatic rings. The third-order valence-corrected chi connectivity index (χ3v) is 2.74. The topological polar surface area (TPSA) is 21.6 Å². The lowest BCUT2D eigenvalue weighted by Gasteiger charge is -2.34. The molecule has 1 fully saturated rings. The van der Waals surface area contributed by atoms with E-state index in [0.717, 1.165) is 25.3 Å². The van der Waals surface area contributed by atoms with Crippen LogP contribution < -0.4 is 0 Å². The van der Waals surface area contributed by atoms with Crippen molar-refractivity contribution in [2.24, 2.45) is 10.4 Å². The van der Waals surface area contributed by atoms with Crippen molar-refractivity contribution in [1.29, 1.82) is 0 Å². The second kappa shape index (κ2) is 2.86. The third kappa shape index (κ3) is 1.62. The summed E-state index contributed by atoms with van der Waals surface area (Å²) in [6, 6.07) is 0. The van der Waals surface area contributed by atoms with Gasteiger partial charge in [0.15, 0.2) is 0 Å². The van der Waals surface area contributed by atoms with Gasteiger partial charge >= 0.3 is 0 Å². The van der Waals surface area contributed by atoms with Crippen LogP contribution in [0.5, 0.6) is 0 Å². The van der Waals surface area contributed by atoms with E-state index in [-0.39, 0.29) is 5.41 Å². The maximum atomic E-state index is 5.86. The minimum atomic E-state index is 0.233. The van der Waals surface area contributed by atoms with Crippen molar-refractivity contribution in [2.45, 2.75) is 39.7 Å². The van der Waals surface area contributed by atoms with E-state index in [1.54, 1.807) is 0 Å². The van der Waals surface area contributed by atoms with Crippen LogP contribution in [0.2, 0.25) is 0 Å². The van der Waals surface area contributed by atoms with Crippen LogP contribution >= 0.6 is 0 Å². The van der Waals surface area contributed by atoms with Gasteiger partial charge in [0.1, 0.15) is 6.10 Å². The summed E-state index contributed by atoms with van der Waals surface area (Å²) in [4.78, 5) is 4.32. The Morgan fingerprint density at radius 1 is 1.46 bits per heavy atom. The molecule has 0 bridgehead atoms. The lowest BCUT2D eigenvalue weighted by molar-refractivity contribution is 0.0593. The zero-order valence-corrected chi connectivity index (χ0v) is 8.63. The molecule has 2 nitrogen and oxygen atoms in total. The Morgan fingerprint density at radius 2 is 2.23 bits per heavy atom. The first kappa shape index (κ1) is 8.79. The molecule has 1 saturated heterocycles. The Bertz CT molecular complexity index is 270. The standard InChI is InChI=1S/C11H17NO/c1-11(2,3)9-5-4-8-6-7-12-10(8)13-9/h6,9H,4-5,7H2,1-3H3. The minimum absolute atomic E-state index is 0.233. The SMILES string of the molecule is CC(C)(C)C1CCC2=CCN=C2O1. The van der Waals surface area contributed by atoms with Crippen molar-refractivity contribution in [3.8, 4) is 0 Å². The Morgan fingerprint density at radius 3 is 2.92 bits per heavy atom. The van der Waals surface area contributed by atoms with Crippen molar-refractivity contribution in [3.05, 3.63) is 11.6 Å². The molecule has 0 aromatic carbocycles. The molecule has 0 aliphatic carbocycles. The van der Waals surface area contributed by atoms with Crippen LogP contribution in [0.15, 0.2) is 16.6 Å². The number of hydrogen-bond donors (Lipinski definition) is 0. The number of fused-ring (bicyclic) bond motifs is 1. The van der Waals surface area contributed by atoms with Crippen LogP contribution in [-0.2, 0) is 4.74 Å². The van der Waals surface area contributed by atoms with Crippen LogP contribution in [0, 0.1) is 5.41 Å². The van der Waals surface area contributed by atoms with Crippen molar-refractivity contribution >= 4 is 5.90 Å². The van der Waals surface area contributed by atoms with E-state index in [2.05, 4.69) is 31.8 Å². The van der Waals surface area contributed by atoms with Crippen LogP contribution in [0.4, 0.5) is 0 Å². The molecule has 0 radical (unpaired) electrons. The van der Waals surface area contributed by atoms with Gasteiger partial charge in [-0.05, 0) is 18.3 Å². The van der Waals surface area contributed by atoms with E-state index in [0.29, 0.717) is 6.10 Å². The molecule has 0 N–H and O–H groups in total. The molecule has 72 valence electrons. The van der Waals surface area contributed by atoms with E-state index in [4.69, 9.17) is 4.74 Å². The molecule has 2 aliphatic rings. The first-order valence-corrected chi connectivity index (χ1v) is 4.98. The van der Waals surface area contributed by atoms with E-state index < -0.39 is 0 Å². The van der Waals surface area contributed by atoms with Gasteiger partial charge < -0.3 is 4.74 Å². The maximum absolute atomic E-state index is 5.86. The number of nitrogens with zero attached hydrogens (tertiary/aromatic N) is 1. The predicted molar refractivity (Wildman–Crippen MR) is 53.9 cm³/mol. The highest BCUT2D eigenvalue weighted by Gasteiger charge is 2.33. The van der Waals surface area contributed by atoms with Crippen LogP contribution in [-0.4, -0.2) is 18.5 Å². The van der Waals surface area contributed by atoms with Gasteiger partial charge in [0.05, 0.1) is 6.54 Å². The molecule has 0 spiro atoms. The summed E-state index contributed by atoms with van der Waals surface area (Å²) in [5.41, 5.74) is 1.55. The van der Waals surface area contributed by atoms with E-state index in [1.165, 1.54) is 5.57 Å². The Labute approximate surface area is 79.7 Å². The molecule has 0 saturated carbocycles. The van der Waals surface area contributed by atoms with Gasteiger partial charge in [-0.1, -0.05) is 26.8 Å². The number of aliphatic imine (C=N–C) groups is 1. The first-order chi connectivity index (χ1) is 6.07. The molecule has 1 unspecified atom stereocenters. The summed E-state index contributed by atoms with van der Waals surface area (Å²) in [6.45, 7) is 7.49. The summed E-state index contributed by atoms with van der Waals surface area (Å²) >= 11 is 0. The molecule has 0 aromatic heterocycles. The lowest BCUT2D eigenvalue weighted by atomic mass is 9.84. The molecular weight excluding hydrogens is 162 g/mol. The number of hydrogen-bond acceptors (Lipinski definition) is 2. The van der Waals surface area contributed by atoms with Gasteiger partial charge in [-0.2, -0.15) is 0 Å². The van der Waals surface area contributed by atoms with Gasteiger partial charge in [-0.15, -0.1) is 0 Å². The summed E-state index contributed by atoms with van der Waals surface area (Å²) in [5.74, 6) is 0.908. The molecule has 2 heterocycles. The van der Waals surface area contributed by atoms with Crippen molar-refractivity contribution in [1.82, 2.24) is 0 Å². The lowest BCUT2D eigenvalue weighted by Crippen LogP contribution is -2.35. The van der Waals surface area contributed by atoms with Gasteiger partial charge in [-0.3, -0.25) is 0 Å². The number of ether oxygens (including phenoxy) is 1. The fourth-order valence-electron chi connectivity index (χ4n) is 1.84. The second-order valence-corrected chi connectivity index (χ2v) is 4.89.